The molecule has 4 heteroatoms. The molecule has 0 bridgehead atoms. The van der Waals surface area contributed by atoms with Gasteiger partial charge in [0, 0.05) is 18.5 Å². The molecule has 22 heavy (non-hydrogen) atoms. The predicted molar refractivity (Wildman–Crippen MR) is 88.1 cm³/mol. The van der Waals surface area contributed by atoms with Crippen molar-refractivity contribution >= 4 is 11.7 Å². The third-order valence-electron chi connectivity index (χ3n) is 3.45. The minimum Gasteiger partial charge on any atom is -0.484 e. The summed E-state index contributed by atoms with van der Waals surface area (Å²) in [5.74, 6) is 0.853. The van der Waals surface area contributed by atoms with Crippen molar-refractivity contribution in [3.8, 4) is 5.75 Å². The Morgan fingerprint density at radius 1 is 1.05 bits per heavy atom. The SMILES string of the molecule is CC(=O)CCc1ccc(OCC(=O)N(C(C)C)C(C)C)cc1. The lowest BCUT2D eigenvalue weighted by Crippen LogP contribution is -2.44. The zero-order valence-corrected chi connectivity index (χ0v) is 14.3. The molecule has 4 nitrogen and oxygen atoms in total. The predicted octanol–water partition coefficient (Wildman–Crippen LogP) is 3.23. The van der Waals surface area contributed by atoms with Crippen molar-refractivity contribution in [3.05, 3.63) is 29.8 Å². The van der Waals surface area contributed by atoms with Crippen LogP contribution in [0.5, 0.6) is 5.75 Å². The van der Waals surface area contributed by atoms with Crippen molar-refractivity contribution in [1.82, 2.24) is 4.90 Å². The van der Waals surface area contributed by atoms with Crippen LogP contribution in [0.15, 0.2) is 24.3 Å². The third kappa shape index (κ3) is 5.88. The van der Waals surface area contributed by atoms with Gasteiger partial charge in [0.2, 0.25) is 0 Å². The average molecular weight is 305 g/mol. The minimum atomic E-state index is -0.00865. The number of carbonyl (C=O) groups excluding carboxylic acids is 2. The normalized spacial score (nSPS) is 10.9. The molecule has 0 aliphatic carbocycles. The number of nitrogens with zero attached hydrogens (tertiary/aromatic N) is 1. The van der Waals surface area contributed by atoms with E-state index in [0.29, 0.717) is 12.2 Å². The number of amides is 1. The Morgan fingerprint density at radius 2 is 1.59 bits per heavy atom. The summed E-state index contributed by atoms with van der Waals surface area (Å²) in [6, 6.07) is 7.88. The van der Waals surface area contributed by atoms with Gasteiger partial charge in [-0.05, 0) is 58.7 Å². The van der Waals surface area contributed by atoms with E-state index < -0.39 is 0 Å². The van der Waals surface area contributed by atoms with E-state index in [1.165, 1.54) is 0 Å². The lowest BCUT2D eigenvalue weighted by atomic mass is 10.1. The van der Waals surface area contributed by atoms with Crippen LogP contribution in [0.2, 0.25) is 0 Å². The standard InChI is InChI=1S/C18H27NO3/c1-13(2)19(14(3)4)18(21)12-22-17-10-8-16(9-11-17)7-6-15(5)20/h8-11,13-14H,6-7,12H2,1-5H3. The average Bonchev–Trinajstić information content (AvgIpc) is 2.43. The van der Waals surface area contributed by atoms with Crippen LogP contribution < -0.4 is 4.74 Å². The van der Waals surface area contributed by atoms with Gasteiger partial charge in [-0.3, -0.25) is 4.79 Å². The highest BCUT2D eigenvalue weighted by atomic mass is 16.5. The summed E-state index contributed by atoms with van der Waals surface area (Å²) in [7, 11) is 0. The maximum Gasteiger partial charge on any atom is 0.260 e. The lowest BCUT2D eigenvalue weighted by molar-refractivity contribution is -0.137. The zero-order chi connectivity index (χ0) is 16.7. The topological polar surface area (TPSA) is 46.6 Å². The maximum atomic E-state index is 12.2. The number of benzene rings is 1. The summed E-state index contributed by atoms with van der Waals surface area (Å²) in [4.78, 5) is 25.0. The quantitative estimate of drug-likeness (QED) is 0.741. The molecule has 0 unspecified atom stereocenters. The van der Waals surface area contributed by atoms with Crippen LogP contribution in [-0.2, 0) is 16.0 Å². The van der Waals surface area contributed by atoms with Gasteiger partial charge in [0.25, 0.3) is 5.91 Å². The fourth-order valence-electron chi connectivity index (χ4n) is 2.46. The number of carbonyl (C=O) groups is 2. The number of ketones is 1. The van der Waals surface area contributed by atoms with E-state index in [2.05, 4.69) is 0 Å². The molecule has 0 spiro atoms. The van der Waals surface area contributed by atoms with Crippen LogP contribution in [0.25, 0.3) is 0 Å². The molecule has 0 radical (unpaired) electrons. The maximum absolute atomic E-state index is 12.2. The van der Waals surface area contributed by atoms with E-state index in [0.717, 1.165) is 12.0 Å². The largest absolute Gasteiger partial charge is 0.484 e. The number of aryl methyl sites for hydroxylation is 1. The summed E-state index contributed by atoms with van der Waals surface area (Å²) in [6.45, 7) is 9.65. The number of hydrogen-bond donors (Lipinski definition) is 0. The molecule has 0 aliphatic rings. The van der Waals surface area contributed by atoms with E-state index in [1.807, 2.05) is 56.9 Å². The summed E-state index contributed by atoms with van der Waals surface area (Å²) >= 11 is 0. The van der Waals surface area contributed by atoms with Crippen molar-refractivity contribution in [3.63, 3.8) is 0 Å². The van der Waals surface area contributed by atoms with Crippen molar-refractivity contribution in [2.45, 2.75) is 59.5 Å². The first-order valence-corrected chi connectivity index (χ1v) is 7.83. The van der Waals surface area contributed by atoms with Crippen LogP contribution in [0.1, 0.15) is 46.6 Å². The molecule has 0 heterocycles. The number of Topliss-reactive ketones (excluding diaryl/α,β-unsaturated/α-hetero) is 1. The summed E-state index contributed by atoms with van der Waals surface area (Å²) < 4.78 is 5.57. The summed E-state index contributed by atoms with van der Waals surface area (Å²) in [5.41, 5.74) is 1.10. The molecule has 122 valence electrons. The first-order valence-electron chi connectivity index (χ1n) is 7.83. The number of rotatable bonds is 8. The van der Waals surface area contributed by atoms with Gasteiger partial charge in [-0.2, -0.15) is 0 Å². The Bertz CT molecular complexity index is 484. The molecule has 1 rings (SSSR count). The van der Waals surface area contributed by atoms with Crippen LogP contribution >= 0.6 is 0 Å². The smallest absolute Gasteiger partial charge is 0.260 e. The van der Waals surface area contributed by atoms with E-state index in [9.17, 15) is 9.59 Å². The Kier molecular flexibility index (Phi) is 7.09. The molecular formula is C18H27NO3. The second kappa shape index (κ2) is 8.57. The van der Waals surface area contributed by atoms with Crippen LogP contribution in [0, 0.1) is 0 Å². The molecule has 0 aliphatic heterocycles. The third-order valence-corrected chi connectivity index (χ3v) is 3.45. The van der Waals surface area contributed by atoms with Gasteiger partial charge in [0.15, 0.2) is 6.61 Å². The summed E-state index contributed by atoms with van der Waals surface area (Å²) in [5, 5.41) is 0. The Morgan fingerprint density at radius 3 is 2.05 bits per heavy atom. The van der Waals surface area contributed by atoms with Crippen molar-refractivity contribution in [1.29, 1.82) is 0 Å². The number of hydrogen-bond acceptors (Lipinski definition) is 3. The second-order valence-corrected chi connectivity index (χ2v) is 6.12. The fourth-order valence-corrected chi connectivity index (χ4v) is 2.46. The number of ether oxygens (including phenoxy) is 1. The molecule has 0 saturated heterocycles. The van der Waals surface area contributed by atoms with Gasteiger partial charge >= 0.3 is 0 Å². The van der Waals surface area contributed by atoms with Crippen LogP contribution in [-0.4, -0.2) is 35.3 Å². The minimum absolute atomic E-state index is 0.00865. The Balaban J connectivity index is 2.54. The lowest BCUT2D eigenvalue weighted by Gasteiger charge is -2.30. The molecule has 0 aromatic heterocycles. The van der Waals surface area contributed by atoms with Gasteiger partial charge in [0.1, 0.15) is 11.5 Å². The molecule has 0 N–H and O–H groups in total. The first kappa shape index (κ1) is 18.2. The highest BCUT2D eigenvalue weighted by molar-refractivity contribution is 5.78. The highest BCUT2D eigenvalue weighted by Crippen LogP contribution is 2.14. The zero-order valence-electron chi connectivity index (χ0n) is 14.3. The molecule has 0 atom stereocenters. The van der Waals surface area contributed by atoms with E-state index >= 15 is 0 Å². The Labute approximate surface area is 133 Å². The molecule has 1 aromatic rings. The van der Waals surface area contributed by atoms with Crippen molar-refractivity contribution in [2.75, 3.05) is 6.61 Å². The van der Waals surface area contributed by atoms with E-state index in [-0.39, 0.29) is 30.4 Å². The second-order valence-electron chi connectivity index (χ2n) is 6.12. The Hall–Kier alpha value is -1.84. The van der Waals surface area contributed by atoms with Crippen molar-refractivity contribution < 1.29 is 14.3 Å². The van der Waals surface area contributed by atoms with Gasteiger partial charge < -0.3 is 14.4 Å². The van der Waals surface area contributed by atoms with Gasteiger partial charge in [-0.1, -0.05) is 12.1 Å². The molecule has 1 amide bonds. The van der Waals surface area contributed by atoms with E-state index in [4.69, 9.17) is 4.74 Å². The summed E-state index contributed by atoms with van der Waals surface area (Å²) in [6.07, 6.45) is 1.29. The molecular weight excluding hydrogens is 278 g/mol. The van der Waals surface area contributed by atoms with Crippen LogP contribution in [0.4, 0.5) is 0 Å². The monoisotopic (exact) mass is 305 g/mol. The fraction of sp³-hybridized carbons (Fsp3) is 0.556. The van der Waals surface area contributed by atoms with Gasteiger partial charge in [-0.25, -0.2) is 0 Å². The van der Waals surface area contributed by atoms with Gasteiger partial charge in [0.05, 0.1) is 0 Å². The van der Waals surface area contributed by atoms with Crippen molar-refractivity contribution in [2.24, 2.45) is 0 Å². The highest BCUT2D eigenvalue weighted by Gasteiger charge is 2.20. The van der Waals surface area contributed by atoms with E-state index in [1.54, 1.807) is 6.92 Å². The molecule has 0 fully saturated rings. The molecule has 1 aromatic carbocycles. The van der Waals surface area contributed by atoms with Crippen LogP contribution in [0.3, 0.4) is 0 Å². The van der Waals surface area contributed by atoms with Gasteiger partial charge in [-0.15, -0.1) is 0 Å². The molecule has 0 saturated carbocycles. The first-order chi connectivity index (χ1) is 10.3.